The van der Waals surface area contributed by atoms with Gasteiger partial charge in [-0.2, -0.15) is 0 Å². The number of pyridine rings is 1. The van der Waals surface area contributed by atoms with E-state index < -0.39 is 0 Å². The summed E-state index contributed by atoms with van der Waals surface area (Å²) in [5.41, 5.74) is 2.05. The summed E-state index contributed by atoms with van der Waals surface area (Å²) in [5, 5.41) is 0. The number of nitrogens with zero attached hydrogens (tertiary/aromatic N) is 1. The molecule has 0 saturated carbocycles. The number of hydrogen-bond acceptors (Lipinski definition) is 4. The Kier molecular flexibility index (Phi) is 3.37. The van der Waals surface area contributed by atoms with Crippen molar-refractivity contribution in [1.82, 2.24) is 4.98 Å². The monoisotopic (exact) mass is 269 g/mol. The van der Waals surface area contributed by atoms with Gasteiger partial charge in [-0.25, -0.2) is 0 Å². The van der Waals surface area contributed by atoms with Crippen LogP contribution in [0.1, 0.15) is 28.0 Å². The minimum atomic E-state index is -0.0619. The lowest BCUT2D eigenvalue weighted by Gasteiger charge is -2.08. The van der Waals surface area contributed by atoms with Gasteiger partial charge in [-0.1, -0.05) is 0 Å². The highest BCUT2D eigenvalue weighted by molar-refractivity contribution is 6.09. The van der Waals surface area contributed by atoms with Gasteiger partial charge in [0.1, 0.15) is 0 Å². The Labute approximate surface area is 117 Å². The summed E-state index contributed by atoms with van der Waals surface area (Å²) in [6.07, 6.45) is 2.44. The zero-order valence-corrected chi connectivity index (χ0v) is 11.3. The molecule has 0 bridgehead atoms. The highest BCUT2D eigenvalue weighted by Crippen LogP contribution is 2.31. The molecule has 20 heavy (non-hydrogen) atoms. The van der Waals surface area contributed by atoms with Crippen molar-refractivity contribution in [2.75, 3.05) is 13.2 Å². The van der Waals surface area contributed by atoms with Gasteiger partial charge in [0.2, 0.25) is 0 Å². The third kappa shape index (κ3) is 2.50. The van der Waals surface area contributed by atoms with Crippen molar-refractivity contribution >= 4 is 5.78 Å². The van der Waals surface area contributed by atoms with Crippen molar-refractivity contribution in [3.8, 4) is 11.5 Å². The number of ketones is 1. The highest BCUT2D eigenvalue weighted by Gasteiger charge is 2.15. The third-order valence-corrected chi connectivity index (χ3v) is 3.18. The second-order valence-electron chi connectivity index (χ2n) is 4.73. The van der Waals surface area contributed by atoms with Crippen LogP contribution >= 0.6 is 0 Å². The van der Waals surface area contributed by atoms with Crippen molar-refractivity contribution in [1.29, 1.82) is 0 Å². The fourth-order valence-corrected chi connectivity index (χ4v) is 2.07. The van der Waals surface area contributed by atoms with E-state index >= 15 is 0 Å². The molecule has 4 heteroatoms. The number of aromatic nitrogens is 1. The molecule has 0 fully saturated rings. The summed E-state index contributed by atoms with van der Waals surface area (Å²) in [4.78, 5) is 16.5. The lowest BCUT2D eigenvalue weighted by atomic mass is 10.0. The lowest BCUT2D eigenvalue weighted by Crippen LogP contribution is -2.03. The molecule has 1 aliphatic heterocycles. The third-order valence-electron chi connectivity index (χ3n) is 3.18. The Bertz CT molecular complexity index is 635. The maximum Gasteiger partial charge on any atom is 0.194 e. The predicted molar refractivity (Wildman–Crippen MR) is 74.5 cm³/mol. The molecular formula is C16H15NO3. The van der Waals surface area contributed by atoms with Crippen molar-refractivity contribution < 1.29 is 14.3 Å². The van der Waals surface area contributed by atoms with Crippen LogP contribution in [0.15, 0.2) is 36.5 Å². The quantitative estimate of drug-likeness (QED) is 0.787. The van der Waals surface area contributed by atoms with Gasteiger partial charge < -0.3 is 9.47 Å². The second kappa shape index (κ2) is 5.33. The van der Waals surface area contributed by atoms with Crippen LogP contribution in [0.4, 0.5) is 0 Å². The molecule has 0 atom stereocenters. The number of hydrogen-bond donors (Lipinski definition) is 0. The van der Waals surface area contributed by atoms with Gasteiger partial charge in [-0.05, 0) is 37.3 Å². The van der Waals surface area contributed by atoms with E-state index in [0.29, 0.717) is 35.8 Å². The van der Waals surface area contributed by atoms with E-state index in [0.717, 1.165) is 12.1 Å². The number of benzene rings is 1. The molecule has 0 unspecified atom stereocenters. The fourth-order valence-electron chi connectivity index (χ4n) is 2.07. The summed E-state index contributed by atoms with van der Waals surface area (Å²) in [5.74, 6) is 1.27. The first-order valence-electron chi connectivity index (χ1n) is 6.61. The molecule has 0 amide bonds. The van der Waals surface area contributed by atoms with Gasteiger partial charge in [0.15, 0.2) is 17.3 Å². The highest BCUT2D eigenvalue weighted by atomic mass is 16.5. The normalized spacial score (nSPS) is 13.7. The Morgan fingerprint density at radius 2 is 1.80 bits per heavy atom. The minimum absolute atomic E-state index is 0.0619. The van der Waals surface area contributed by atoms with Gasteiger partial charge in [-0.3, -0.25) is 9.78 Å². The molecular weight excluding hydrogens is 254 g/mol. The van der Waals surface area contributed by atoms with E-state index in [9.17, 15) is 4.79 Å². The van der Waals surface area contributed by atoms with Gasteiger partial charge in [-0.15, -0.1) is 0 Å². The first-order valence-corrected chi connectivity index (χ1v) is 6.61. The SMILES string of the molecule is Cc1ccc(C(=O)c2ccc3c(c2)OCCCO3)cn1. The molecule has 0 N–H and O–H groups in total. The van der Waals surface area contributed by atoms with E-state index in [2.05, 4.69) is 4.98 Å². The van der Waals surface area contributed by atoms with Gasteiger partial charge in [0, 0.05) is 29.4 Å². The molecule has 0 saturated heterocycles. The molecule has 102 valence electrons. The van der Waals surface area contributed by atoms with E-state index in [4.69, 9.17) is 9.47 Å². The van der Waals surface area contributed by atoms with Crippen LogP contribution < -0.4 is 9.47 Å². The van der Waals surface area contributed by atoms with Crippen LogP contribution in [0, 0.1) is 6.92 Å². The van der Waals surface area contributed by atoms with Crippen LogP contribution in [0.25, 0.3) is 0 Å². The van der Waals surface area contributed by atoms with Crippen molar-refractivity contribution in [3.63, 3.8) is 0 Å². The van der Waals surface area contributed by atoms with E-state index in [1.54, 1.807) is 30.5 Å². The van der Waals surface area contributed by atoms with E-state index in [1.165, 1.54) is 0 Å². The molecule has 0 aliphatic carbocycles. The first kappa shape index (κ1) is 12.7. The molecule has 1 aromatic heterocycles. The fraction of sp³-hybridized carbons (Fsp3) is 0.250. The largest absolute Gasteiger partial charge is 0.490 e. The summed E-state index contributed by atoms with van der Waals surface area (Å²) in [6, 6.07) is 8.90. The number of carbonyl (C=O) groups excluding carboxylic acids is 1. The number of ether oxygens (including phenoxy) is 2. The Morgan fingerprint density at radius 1 is 1.05 bits per heavy atom. The average molecular weight is 269 g/mol. The molecule has 2 heterocycles. The Hall–Kier alpha value is -2.36. The molecule has 4 nitrogen and oxygen atoms in total. The number of aryl methyl sites for hydroxylation is 1. The number of fused-ring (bicyclic) bond motifs is 1. The van der Waals surface area contributed by atoms with Crippen LogP contribution in [0.3, 0.4) is 0 Å². The number of carbonyl (C=O) groups is 1. The Morgan fingerprint density at radius 3 is 2.55 bits per heavy atom. The van der Waals surface area contributed by atoms with Gasteiger partial charge in [0.25, 0.3) is 0 Å². The summed E-state index contributed by atoms with van der Waals surface area (Å²) >= 11 is 0. The maximum atomic E-state index is 12.4. The average Bonchev–Trinajstić information content (AvgIpc) is 2.71. The van der Waals surface area contributed by atoms with Crippen molar-refractivity contribution in [3.05, 3.63) is 53.3 Å². The minimum Gasteiger partial charge on any atom is -0.490 e. The zero-order chi connectivity index (χ0) is 13.9. The lowest BCUT2D eigenvalue weighted by molar-refractivity contribution is 0.103. The topological polar surface area (TPSA) is 48.4 Å². The van der Waals surface area contributed by atoms with E-state index in [-0.39, 0.29) is 5.78 Å². The maximum absolute atomic E-state index is 12.4. The first-order chi connectivity index (χ1) is 9.74. The van der Waals surface area contributed by atoms with Crippen molar-refractivity contribution in [2.24, 2.45) is 0 Å². The van der Waals surface area contributed by atoms with Gasteiger partial charge in [0.05, 0.1) is 13.2 Å². The molecule has 0 spiro atoms. The van der Waals surface area contributed by atoms with Gasteiger partial charge >= 0.3 is 0 Å². The van der Waals surface area contributed by atoms with Crippen LogP contribution in [-0.2, 0) is 0 Å². The molecule has 2 aromatic rings. The van der Waals surface area contributed by atoms with Crippen molar-refractivity contribution in [2.45, 2.75) is 13.3 Å². The molecule has 1 aliphatic rings. The molecule has 1 aromatic carbocycles. The second-order valence-corrected chi connectivity index (χ2v) is 4.73. The standard InChI is InChI=1S/C16H15NO3/c1-11-3-4-13(10-17-11)16(18)12-5-6-14-15(9-12)20-8-2-7-19-14/h3-6,9-10H,2,7-8H2,1H3. The summed E-state index contributed by atoms with van der Waals surface area (Å²) in [7, 11) is 0. The molecule has 3 rings (SSSR count). The smallest absolute Gasteiger partial charge is 0.194 e. The number of rotatable bonds is 2. The Balaban J connectivity index is 1.92. The zero-order valence-electron chi connectivity index (χ0n) is 11.3. The van der Waals surface area contributed by atoms with Crippen LogP contribution in [0.5, 0.6) is 11.5 Å². The summed E-state index contributed by atoms with van der Waals surface area (Å²) < 4.78 is 11.2. The molecule has 0 radical (unpaired) electrons. The predicted octanol–water partition coefficient (Wildman–Crippen LogP) is 2.78. The summed E-state index contributed by atoms with van der Waals surface area (Å²) in [6.45, 7) is 3.14. The van der Waals surface area contributed by atoms with E-state index in [1.807, 2.05) is 13.0 Å². The van der Waals surface area contributed by atoms with Crippen LogP contribution in [0.2, 0.25) is 0 Å². The van der Waals surface area contributed by atoms with Crippen LogP contribution in [-0.4, -0.2) is 24.0 Å².